The summed E-state index contributed by atoms with van der Waals surface area (Å²) in [5.41, 5.74) is 0.704. The van der Waals surface area contributed by atoms with Crippen molar-refractivity contribution in [1.82, 2.24) is 4.98 Å². The molecule has 0 aliphatic heterocycles. The first kappa shape index (κ1) is 5.95. The van der Waals surface area contributed by atoms with E-state index in [1.165, 1.54) is 6.07 Å². The molecule has 0 fully saturated rings. The van der Waals surface area contributed by atoms with Gasteiger partial charge in [0.2, 0.25) is 0 Å². The van der Waals surface area contributed by atoms with E-state index < -0.39 is 0 Å². The maximum Gasteiger partial charge on any atom is 0.142 e. The normalized spacial score (nSPS) is 9.00. The van der Waals surface area contributed by atoms with Crippen molar-refractivity contribution in [2.75, 3.05) is 0 Å². The highest BCUT2D eigenvalue weighted by Crippen LogP contribution is 2.00. The Hall–Kier alpha value is -1.18. The van der Waals surface area contributed by atoms with Gasteiger partial charge in [0.15, 0.2) is 0 Å². The Balaban J connectivity index is 3.07. The zero-order valence-corrected chi connectivity index (χ0v) is 4.84. The lowest BCUT2D eigenvalue weighted by Crippen LogP contribution is -1.78. The Bertz CT molecular complexity index is 220. The van der Waals surface area contributed by atoms with E-state index in [0.29, 0.717) is 5.56 Å². The molecule has 9 heavy (non-hydrogen) atoms. The van der Waals surface area contributed by atoms with E-state index in [4.69, 9.17) is 0 Å². The Labute approximate surface area is 52.9 Å². The molecule has 0 aliphatic carbocycles. The summed E-state index contributed by atoms with van der Waals surface area (Å²) in [6.45, 7) is 3.47. The number of rotatable bonds is 1. The van der Waals surface area contributed by atoms with Crippen molar-refractivity contribution < 1.29 is 4.39 Å². The molecule has 1 rings (SSSR count). The minimum absolute atomic E-state index is 0.326. The van der Waals surface area contributed by atoms with Crippen LogP contribution in [0.1, 0.15) is 5.56 Å². The van der Waals surface area contributed by atoms with Crippen LogP contribution in [0, 0.1) is 5.82 Å². The van der Waals surface area contributed by atoms with Crippen LogP contribution in [0.3, 0.4) is 0 Å². The third-order valence-corrected chi connectivity index (χ3v) is 0.962. The third-order valence-electron chi connectivity index (χ3n) is 0.962. The molecular formula is C7H6FN. The lowest BCUT2D eigenvalue weighted by Gasteiger charge is -1.88. The van der Waals surface area contributed by atoms with E-state index in [1.807, 2.05) is 0 Å². The Morgan fingerprint density at radius 2 is 2.33 bits per heavy atom. The minimum Gasteiger partial charge on any atom is -0.261 e. The van der Waals surface area contributed by atoms with E-state index in [1.54, 1.807) is 12.3 Å². The topological polar surface area (TPSA) is 12.9 Å². The van der Waals surface area contributed by atoms with Gasteiger partial charge in [0.25, 0.3) is 0 Å². The first-order valence-electron chi connectivity index (χ1n) is 2.56. The molecule has 0 saturated carbocycles. The van der Waals surface area contributed by atoms with E-state index in [2.05, 4.69) is 11.6 Å². The number of hydrogen-bond acceptors (Lipinski definition) is 1. The molecule has 1 aromatic rings. The molecule has 0 aromatic carbocycles. The molecule has 0 bridgehead atoms. The average molecular weight is 123 g/mol. The summed E-state index contributed by atoms with van der Waals surface area (Å²) in [5.74, 6) is -0.326. The van der Waals surface area contributed by atoms with Gasteiger partial charge in [0, 0.05) is 6.20 Å². The average Bonchev–Trinajstić information content (AvgIpc) is 1.88. The molecule has 0 spiro atoms. The van der Waals surface area contributed by atoms with E-state index in [0.717, 1.165) is 6.20 Å². The molecule has 1 aromatic heterocycles. The van der Waals surface area contributed by atoms with Gasteiger partial charge in [0.05, 0.1) is 6.20 Å². The van der Waals surface area contributed by atoms with Gasteiger partial charge in [0.1, 0.15) is 5.82 Å². The number of nitrogens with zero attached hydrogens (tertiary/aromatic N) is 1. The second-order valence-electron chi connectivity index (χ2n) is 1.64. The van der Waals surface area contributed by atoms with Crippen molar-refractivity contribution in [3.05, 3.63) is 36.4 Å². The molecular weight excluding hydrogens is 117 g/mol. The molecule has 0 amide bonds. The molecule has 0 atom stereocenters. The highest BCUT2D eigenvalue weighted by molar-refractivity contribution is 5.44. The molecule has 1 nitrogen and oxygen atoms in total. The van der Waals surface area contributed by atoms with Gasteiger partial charge in [-0.3, -0.25) is 4.98 Å². The lowest BCUT2D eigenvalue weighted by atomic mass is 10.3. The van der Waals surface area contributed by atoms with Crippen LogP contribution in [-0.2, 0) is 0 Å². The fourth-order valence-corrected chi connectivity index (χ4v) is 0.540. The first-order valence-corrected chi connectivity index (χ1v) is 2.56. The lowest BCUT2D eigenvalue weighted by molar-refractivity contribution is 0.621. The summed E-state index contributed by atoms with van der Waals surface area (Å²) in [4.78, 5) is 3.61. The first-order chi connectivity index (χ1) is 4.33. The van der Waals surface area contributed by atoms with Crippen LogP contribution in [0.15, 0.2) is 25.0 Å². The molecule has 46 valence electrons. The van der Waals surface area contributed by atoms with Crippen molar-refractivity contribution in [2.24, 2.45) is 0 Å². The zero-order chi connectivity index (χ0) is 6.69. The molecule has 1 heterocycles. The van der Waals surface area contributed by atoms with Crippen molar-refractivity contribution in [1.29, 1.82) is 0 Å². The van der Waals surface area contributed by atoms with Crippen molar-refractivity contribution >= 4 is 6.08 Å². The van der Waals surface area contributed by atoms with Crippen LogP contribution in [0.2, 0.25) is 0 Å². The molecule has 0 aliphatic rings. The fourth-order valence-electron chi connectivity index (χ4n) is 0.540. The summed E-state index contributed by atoms with van der Waals surface area (Å²) < 4.78 is 12.2. The second-order valence-corrected chi connectivity index (χ2v) is 1.64. The van der Waals surface area contributed by atoms with Gasteiger partial charge in [-0.05, 0) is 11.6 Å². The van der Waals surface area contributed by atoms with Crippen molar-refractivity contribution in [3.63, 3.8) is 0 Å². The van der Waals surface area contributed by atoms with Crippen LogP contribution in [0.25, 0.3) is 6.08 Å². The minimum atomic E-state index is -0.326. The van der Waals surface area contributed by atoms with Crippen LogP contribution in [0.5, 0.6) is 0 Å². The van der Waals surface area contributed by atoms with E-state index >= 15 is 0 Å². The van der Waals surface area contributed by atoms with E-state index in [-0.39, 0.29) is 5.82 Å². The summed E-state index contributed by atoms with van der Waals surface area (Å²) in [5, 5.41) is 0. The van der Waals surface area contributed by atoms with Gasteiger partial charge >= 0.3 is 0 Å². The van der Waals surface area contributed by atoms with Gasteiger partial charge < -0.3 is 0 Å². The maximum atomic E-state index is 12.2. The van der Waals surface area contributed by atoms with Gasteiger partial charge in [-0.25, -0.2) is 4.39 Å². The molecule has 0 radical (unpaired) electrons. The van der Waals surface area contributed by atoms with Crippen LogP contribution >= 0.6 is 0 Å². The SMILES string of the molecule is C=Cc1cncc(F)c1. The van der Waals surface area contributed by atoms with Crippen molar-refractivity contribution in [2.45, 2.75) is 0 Å². The Kier molecular flexibility index (Phi) is 1.58. The highest BCUT2D eigenvalue weighted by Gasteiger charge is 1.88. The van der Waals surface area contributed by atoms with Gasteiger partial charge in [-0.1, -0.05) is 12.7 Å². The monoisotopic (exact) mass is 123 g/mol. The summed E-state index contributed by atoms with van der Waals surface area (Å²) in [7, 11) is 0. The summed E-state index contributed by atoms with van der Waals surface area (Å²) in [6.07, 6.45) is 4.26. The molecule has 0 N–H and O–H groups in total. The standard InChI is InChI=1S/C7H6FN/c1-2-6-3-7(8)5-9-4-6/h2-5H,1H2. The molecule has 0 unspecified atom stereocenters. The third kappa shape index (κ3) is 1.35. The van der Waals surface area contributed by atoms with E-state index in [9.17, 15) is 4.39 Å². The number of aromatic nitrogens is 1. The summed E-state index contributed by atoms with van der Waals surface area (Å²) >= 11 is 0. The van der Waals surface area contributed by atoms with Gasteiger partial charge in [-0.15, -0.1) is 0 Å². The number of halogens is 1. The zero-order valence-electron chi connectivity index (χ0n) is 4.84. The Morgan fingerprint density at radius 1 is 1.56 bits per heavy atom. The fraction of sp³-hybridized carbons (Fsp3) is 0. The largest absolute Gasteiger partial charge is 0.261 e. The second kappa shape index (κ2) is 2.40. The predicted octanol–water partition coefficient (Wildman–Crippen LogP) is 1.86. The van der Waals surface area contributed by atoms with Gasteiger partial charge in [-0.2, -0.15) is 0 Å². The van der Waals surface area contributed by atoms with Crippen LogP contribution < -0.4 is 0 Å². The predicted molar refractivity (Wildman–Crippen MR) is 34.3 cm³/mol. The smallest absolute Gasteiger partial charge is 0.142 e. The number of hydrogen-bond donors (Lipinski definition) is 0. The number of pyridine rings is 1. The molecule has 0 saturated heterocycles. The van der Waals surface area contributed by atoms with Crippen molar-refractivity contribution in [3.8, 4) is 0 Å². The summed E-state index contributed by atoms with van der Waals surface area (Å²) in [6, 6.07) is 1.38. The maximum absolute atomic E-state index is 12.2. The quantitative estimate of drug-likeness (QED) is 0.555. The molecule has 2 heteroatoms. The Morgan fingerprint density at radius 3 is 2.78 bits per heavy atom. The van der Waals surface area contributed by atoms with Crippen LogP contribution in [0.4, 0.5) is 4.39 Å². The highest BCUT2D eigenvalue weighted by atomic mass is 19.1. The van der Waals surface area contributed by atoms with Crippen LogP contribution in [-0.4, -0.2) is 4.98 Å².